The van der Waals surface area contributed by atoms with E-state index in [1.807, 2.05) is 12.1 Å². The first kappa shape index (κ1) is 9.45. The Kier molecular flexibility index (Phi) is 2.49. The molecule has 0 amide bonds. The number of nitrogens with zero attached hydrogens (tertiary/aromatic N) is 4. The summed E-state index contributed by atoms with van der Waals surface area (Å²) in [5.74, 6) is 0.877. The minimum Gasteiger partial charge on any atom is -0.508 e. The van der Waals surface area contributed by atoms with E-state index < -0.39 is 0 Å². The van der Waals surface area contributed by atoms with E-state index in [1.54, 1.807) is 23.9 Å². The second-order valence-corrected chi connectivity index (χ2v) is 3.15. The molecule has 1 heterocycles. The largest absolute Gasteiger partial charge is 0.508 e. The second-order valence-electron chi connectivity index (χ2n) is 3.15. The fourth-order valence-electron chi connectivity index (χ4n) is 1.17. The molecule has 0 spiro atoms. The second kappa shape index (κ2) is 3.95. The van der Waals surface area contributed by atoms with Gasteiger partial charge in [0, 0.05) is 13.6 Å². The Hall–Kier alpha value is -2.11. The fourth-order valence-corrected chi connectivity index (χ4v) is 1.17. The maximum atomic E-state index is 9.10. The maximum absolute atomic E-state index is 9.10. The summed E-state index contributed by atoms with van der Waals surface area (Å²) in [5, 5.41) is 23.2. The molecule has 0 unspecified atom stereocenters. The van der Waals surface area contributed by atoms with Crippen molar-refractivity contribution in [1.82, 2.24) is 20.2 Å². The zero-order valence-electron chi connectivity index (χ0n) is 8.25. The van der Waals surface area contributed by atoms with Gasteiger partial charge in [-0.1, -0.05) is 17.2 Å². The molecule has 0 aliphatic carbocycles. The summed E-state index contributed by atoms with van der Waals surface area (Å²) in [7, 11) is 1.76. The average Bonchev–Trinajstić information content (AvgIpc) is 2.63. The van der Waals surface area contributed by atoms with Crippen LogP contribution in [0.25, 0.3) is 0 Å². The molecular formula is C9H11N5O. The van der Waals surface area contributed by atoms with Crippen molar-refractivity contribution in [1.29, 1.82) is 0 Å². The van der Waals surface area contributed by atoms with Gasteiger partial charge in [0.15, 0.2) is 0 Å². The number of tetrazole rings is 1. The topological polar surface area (TPSA) is 75.9 Å². The Morgan fingerprint density at radius 2 is 2.07 bits per heavy atom. The first-order valence-corrected chi connectivity index (χ1v) is 4.50. The number of hydrogen-bond acceptors (Lipinski definition) is 5. The maximum Gasteiger partial charge on any atom is 0.242 e. The molecule has 1 aromatic carbocycles. The third-order valence-corrected chi connectivity index (χ3v) is 2.01. The van der Waals surface area contributed by atoms with Gasteiger partial charge in [0.2, 0.25) is 5.95 Å². The summed E-state index contributed by atoms with van der Waals surface area (Å²) in [5.41, 5.74) is 1.05. The standard InChI is InChI=1S/C9H11N5O/c1-14-9(11-12-13-14)10-6-7-2-4-8(15)5-3-7/h2-5,15H,6H2,1H3,(H,10,11,13). The van der Waals surface area contributed by atoms with E-state index in [0.717, 1.165) is 5.56 Å². The summed E-state index contributed by atoms with van der Waals surface area (Å²) in [6, 6.07) is 6.97. The van der Waals surface area contributed by atoms with Gasteiger partial charge in [0.25, 0.3) is 0 Å². The van der Waals surface area contributed by atoms with Gasteiger partial charge in [-0.15, -0.1) is 0 Å². The van der Waals surface area contributed by atoms with Crippen molar-refractivity contribution < 1.29 is 5.11 Å². The normalized spacial score (nSPS) is 10.2. The molecule has 0 aliphatic heterocycles. The SMILES string of the molecule is Cn1nnnc1NCc1ccc(O)cc1. The molecule has 0 aliphatic rings. The Morgan fingerprint density at radius 3 is 2.67 bits per heavy atom. The number of aryl methyl sites for hydroxylation is 1. The monoisotopic (exact) mass is 205 g/mol. The van der Waals surface area contributed by atoms with Crippen molar-refractivity contribution in [3.8, 4) is 5.75 Å². The van der Waals surface area contributed by atoms with Crippen molar-refractivity contribution in [2.45, 2.75) is 6.54 Å². The number of anilines is 1. The van der Waals surface area contributed by atoms with Crippen LogP contribution < -0.4 is 5.32 Å². The highest BCUT2D eigenvalue weighted by Gasteiger charge is 2.00. The van der Waals surface area contributed by atoms with Crippen LogP contribution in [0.15, 0.2) is 24.3 Å². The van der Waals surface area contributed by atoms with E-state index in [-0.39, 0.29) is 5.75 Å². The van der Waals surface area contributed by atoms with E-state index in [9.17, 15) is 0 Å². The van der Waals surface area contributed by atoms with Crippen molar-refractivity contribution in [2.75, 3.05) is 5.32 Å². The lowest BCUT2D eigenvalue weighted by Crippen LogP contribution is -2.05. The number of aromatic hydroxyl groups is 1. The third kappa shape index (κ3) is 2.22. The molecule has 2 N–H and O–H groups in total. The molecule has 0 bridgehead atoms. The van der Waals surface area contributed by atoms with Gasteiger partial charge in [-0.3, -0.25) is 0 Å². The van der Waals surface area contributed by atoms with Crippen molar-refractivity contribution in [3.63, 3.8) is 0 Å². The molecule has 0 saturated heterocycles. The lowest BCUT2D eigenvalue weighted by atomic mass is 10.2. The van der Waals surface area contributed by atoms with E-state index in [1.165, 1.54) is 0 Å². The summed E-state index contributed by atoms with van der Waals surface area (Å²) in [6.45, 7) is 0.620. The fraction of sp³-hybridized carbons (Fsp3) is 0.222. The van der Waals surface area contributed by atoms with Crippen LogP contribution in [0.5, 0.6) is 5.75 Å². The highest BCUT2D eigenvalue weighted by atomic mass is 16.3. The number of benzene rings is 1. The lowest BCUT2D eigenvalue weighted by Gasteiger charge is -2.03. The van der Waals surface area contributed by atoms with Gasteiger partial charge >= 0.3 is 0 Å². The molecule has 78 valence electrons. The zero-order chi connectivity index (χ0) is 10.7. The van der Waals surface area contributed by atoms with Crippen LogP contribution in [0.4, 0.5) is 5.95 Å². The van der Waals surface area contributed by atoms with Gasteiger partial charge in [-0.2, -0.15) is 0 Å². The summed E-state index contributed by atoms with van der Waals surface area (Å²) in [6.07, 6.45) is 0. The number of phenols is 1. The van der Waals surface area contributed by atoms with Crippen LogP contribution in [-0.4, -0.2) is 25.3 Å². The number of hydrogen-bond donors (Lipinski definition) is 2. The molecule has 2 aromatic rings. The number of aromatic nitrogens is 4. The molecule has 1 aromatic heterocycles. The Morgan fingerprint density at radius 1 is 1.33 bits per heavy atom. The van der Waals surface area contributed by atoms with Gasteiger partial charge < -0.3 is 10.4 Å². The molecule has 0 atom stereocenters. The van der Waals surface area contributed by atoms with Crippen LogP contribution in [0.1, 0.15) is 5.56 Å². The van der Waals surface area contributed by atoms with Crippen LogP contribution >= 0.6 is 0 Å². The smallest absolute Gasteiger partial charge is 0.242 e. The number of phenolic OH excluding ortho intramolecular Hbond substituents is 1. The van der Waals surface area contributed by atoms with E-state index in [4.69, 9.17) is 5.11 Å². The van der Waals surface area contributed by atoms with Gasteiger partial charge in [0.1, 0.15) is 5.75 Å². The zero-order valence-corrected chi connectivity index (χ0v) is 8.25. The van der Waals surface area contributed by atoms with Crippen LogP contribution in [0.3, 0.4) is 0 Å². The van der Waals surface area contributed by atoms with E-state index in [2.05, 4.69) is 20.8 Å². The number of rotatable bonds is 3. The van der Waals surface area contributed by atoms with E-state index >= 15 is 0 Å². The van der Waals surface area contributed by atoms with Crippen molar-refractivity contribution in [2.24, 2.45) is 7.05 Å². The minimum absolute atomic E-state index is 0.263. The quantitative estimate of drug-likeness (QED) is 0.764. The summed E-state index contributed by atoms with van der Waals surface area (Å²) >= 11 is 0. The van der Waals surface area contributed by atoms with E-state index in [0.29, 0.717) is 12.5 Å². The molecule has 6 nitrogen and oxygen atoms in total. The van der Waals surface area contributed by atoms with Crippen molar-refractivity contribution in [3.05, 3.63) is 29.8 Å². The van der Waals surface area contributed by atoms with Crippen LogP contribution in [0, 0.1) is 0 Å². The van der Waals surface area contributed by atoms with Gasteiger partial charge in [0.05, 0.1) is 0 Å². The molecular weight excluding hydrogens is 194 g/mol. The Labute approximate surface area is 86.5 Å². The molecule has 6 heteroatoms. The first-order chi connectivity index (χ1) is 7.25. The number of nitrogens with one attached hydrogen (secondary N) is 1. The molecule has 0 saturated carbocycles. The predicted octanol–water partition coefficient (Wildman–Crippen LogP) is 0.528. The Balaban J connectivity index is 1.99. The summed E-state index contributed by atoms with van der Waals surface area (Å²) < 4.78 is 1.56. The van der Waals surface area contributed by atoms with Gasteiger partial charge in [-0.25, -0.2) is 4.68 Å². The van der Waals surface area contributed by atoms with Gasteiger partial charge in [-0.05, 0) is 28.1 Å². The molecule has 15 heavy (non-hydrogen) atoms. The third-order valence-electron chi connectivity index (χ3n) is 2.01. The lowest BCUT2D eigenvalue weighted by molar-refractivity contribution is 0.475. The van der Waals surface area contributed by atoms with Crippen LogP contribution in [-0.2, 0) is 13.6 Å². The highest BCUT2D eigenvalue weighted by Crippen LogP contribution is 2.10. The summed E-state index contributed by atoms with van der Waals surface area (Å²) in [4.78, 5) is 0. The van der Waals surface area contributed by atoms with Crippen molar-refractivity contribution >= 4 is 5.95 Å². The first-order valence-electron chi connectivity index (χ1n) is 4.50. The molecule has 0 fully saturated rings. The molecule has 0 radical (unpaired) electrons. The highest BCUT2D eigenvalue weighted by molar-refractivity contribution is 5.29. The van der Waals surface area contributed by atoms with Crippen LogP contribution in [0.2, 0.25) is 0 Å². The Bertz CT molecular complexity index is 436. The average molecular weight is 205 g/mol. The predicted molar refractivity (Wildman–Crippen MR) is 54.2 cm³/mol. The molecule has 2 rings (SSSR count). The minimum atomic E-state index is 0.263.